The summed E-state index contributed by atoms with van der Waals surface area (Å²) in [5.41, 5.74) is 0. The molecule has 1 atom stereocenters. The second-order valence-corrected chi connectivity index (χ2v) is 7.01. The normalized spacial score (nSPS) is 18.4. The van der Waals surface area contributed by atoms with Crippen LogP contribution in [0.1, 0.15) is 43.0 Å². The van der Waals surface area contributed by atoms with Crippen molar-refractivity contribution in [1.82, 2.24) is 10.2 Å². The Bertz CT molecular complexity index is 703. The smallest absolute Gasteiger partial charge is 0.220 e. The molecule has 26 heavy (non-hydrogen) atoms. The molecule has 3 rings (SSSR count). The van der Waals surface area contributed by atoms with Crippen molar-refractivity contribution >= 4 is 12.0 Å². The van der Waals surface area contributed by atoms with Crippen molar-refractivity contribution in [3.05, 3.63) is 53.9 Å². The van der Waals surface area contributed by atoms with Crippen LogP contribution in [0.3, 0.4) is 0 Å². The summed E-state index contributed by atoms with van der Waals surface area (Å²) in [6.45, 7) is 5.50. The molecule has 1 fully saturated rings. The fraction of sp³-hybridized carbons (Fsp3) is 0.476. The molecule has 1 aliphatic heterocycles. The van der Waals surface area contributed by atoms with Crippen molar-refractivity contribution in [1.29, 1.82) is 0 Å². The largest absolute Gasteiger partial charge is 0.465 e. The van der Waals surface area contributed by atoms with Crippen LogP contribution in [-0.2, 0) is 11.3 Å². The predicted octanol–water partition coefficient (Wildman–Crippen LogP) is 4.00. The highest BCUT2D eigenvalue weighted by Crippen LogP contribution is 2.21. The topological polar surface area (TPSA) is 58.6 Å². The number of furan rings is 2. The number of carbonyl (C=O) groups is 1. The zero-order chi connectivity index (χ0) is 18.2. The van der Waals surface area contributed by atoms with E-state index >= 15 is 0 Å². The Morgan fingerprint density at radius 2 is 2.31 bits per heavy atom. The molecule has 1 unspecified atom stereocenters. The zero-order valence-corrected chi connectivity index (χ0v) is 15.4. The molecular formula is C21H28N2O3. The quantitative estimate of drug-likeness (QED) is 0.777. The minimum Gasteiger partial charge on any atom is -0.465 e. The lowest BCUT2D eigenvalue weighted by atomic mass is 9.93. The van der Waals surface area contributed by atoms with E-state index in [9.17, 15) is 4.79 Å². The van der Waals surface area contributed by atoms with Gasteiger partial charge in [0.1, 0.15) is 17.3 Å². The first kappa shape index (κ1) is 18.5. The third-order valence-corrected chi connectivity index (χ3v) is 4.83. The van der Waals surface area contributed by atoms with E-state index in [1.807, 2.05) is 37.3 Å². The predicted molar refractivity (Wildman–Crippen MR) is 101 cm³/mol. The van der Waals surface area contributed by atoms with Gasteiger partial charge in [-0.15, -0.1) is 0 Å². The maximum atomic E-state index is 12.1. The average molecular weight is 356 g/mol. The molecule has 0 aliphatic carbocycles. The number of likely N-dealkylation sites (tertiary alicyclic amines) is 1. The molecule has 0 bridgehead atoms. The molecule has 0 spiro atoms. The van der Waals surface area contributed by atoms with Crippen LogP contribution in [0.2, 0.25) is 0 Å². The summed E-state index contributed by atoms with van der Waals surface area (Å²) in [5.74, 6) is 3.27. The number of piperidine rings is 1. The highest BCUT2D eigenvalue weighted by molar-refractivity contribution is 5.75. The van der Waals surface area contributed by atoms with E-state index in [4.69, 9.17) is 8.83 Å². The summed E-state index contributed by atoms with van der Waals surface area (Å²) in [4.78, 5) is 14.5. The van der Waals surface area contributed by atoms with Gasteiger partial charge < -0.3 is 14.2 Å². The first-order valence-corrected chi connectivity index (χ1v) is 9.43. The van der Waals surface area contributed by atoms with Crippen molar-refractivity contribution in [2.45, 2.75) is 39.2 Å². The standard InChI is InChI=1S/C21H28N2O3/c1-17-8-10-20(26-17)15-22-21(24)11-9-18-5-2-12-23(16-18)13-3-6-19-7-4-14-25-19/h3-4,6-8,10,14,18H,2,5,9,11-13,15-16H2,1H3,(H,22,24)/b6-3+. The first-order chi connectivity index (χ1) is 12.7. The minimum atomic E-state index is 0.105. The second-order valence-electron chi connectivity index (χ2n) is 7.01. The van der Waals surface area contributed by atoms with Crippen LogP contribution in [0, 0.1) is 12.8 Å². The summed E-state index contributed by atoms with van der Waals surface area (Å²) in [6.07, 6.45) is 9.80. The van der Waals surface area contributed by atoms with Gasteiger partial charge in [-0.25, -0.2) is 0 Å². The van der Waals surface area contributed by atoms with Gasteiger partial charge in [-0.1, -0.05) is 6.08 Å². The van der Waals surface area contributed by atoms with E-state index in [2.05, 4.69) is 16.3 Å². The minimum absolute atomic E-state index is 0.105. The van der Waals surface area contributed by atoms with Gasteiger partial charge in [0.2, 0.25) is 5.91 Å². The number of carbonyl (C=O) groups excluding carboxylic acids is 1. The van der Waals surface area contributed by atoms with Crippen LogP contribution in [0.4, 0.5) is 0 Å². The molecule has 1 N–H and O–H groups in total. The maximum Gasteiger partial charge on any atom is 0.220 e. The van der Waals surface area contributed by atoms with Gasteiger partial charge in [0, 0.05) is 19.5 Å². The lowest BCUT2D eigenvalue weighted by molar-refractivity contribution is -0.121. The molecule has 1 aliphatic rings. The third kappa shape index (κ3) is 5.92. The molecule has 3 heterocycles. The van der Waals surface area contributed by atoms with Crippen LogP contribution in [0.5, 0.6) is 0 Å². The Morgan fingerprint density at radius 3 is 3.08 bits per heavy atom. The number of nitrogens with zero attached hydrogens (tertiary/aromatic N) is 1. The van der Waals surface area contributed by atoms with Crippen LogP contribution in [0.25, 0.3) is 6.08 Å². The first-order valence-electron chi connectivity index (χ1n) is 9.43. The van der Waals surface area contributed by atoms with Gasteiger partial charge in [-0.2, -0.15) is 0 Å². The lowest BCUT2D eigenvalue weighted by Gasteiger charge is -2.31. The highest BCUT2D eigenvalue weighted by Gasteiger charge is 2.19. The molecule has 0 aromatic carbocycles. The number of hydrogen-bond donors (Lipinski definition) is 1. The number of hydrogen-bond acceptors (Lipinski definition) is 4. The van der Waals surface area contributed by atoms with E-state index in [-0.39, 0.29) is 5.91 Å². The Morgan fingerprint density at radius 1 is 1.38 bits per heavy atom. The molecule has 2 aromatic rings. The molecule has 140 valence electrons. The van der Waals surface area contributed by atoms with Gasteiger partial charge in [0.05, 0.1) is 12.8 Å². The summed E-state index contributed by atoms with van der Waals surface area (Å²) in [5, 5.41) is 2.95. The van der Waals surface area contributed by atoms with Gasteiger partial charge in [0.25, 0.3) is 0 Å². The van der Waals surface area contributed by atoms with E-state index in [0.717, 1.165) is 43.3 Å². The molecule has 0 radical (unpaired) electrons. The van der Waals surface area contributed by atoms with Gasteiger partial charge >= 0.3 is 0 Å². The van der Waals surface area contributed by atoms with E-state index in [1.54, 1.807) is 6.26 Å². The molecule has 0 saturated carbocycles. The molecular weight excluding hydrogens is 328 g/mol. The molecule has 5 heteroatoms. The molecule has 1 saturated heterocycles. The van der Waals surface area contributed by atoms with E-state index in [0.29, 0.717) is 18.9 Å². The van der Waals surface area contributed by atoms with Gasteiger partial charge in [-0.05, 0) is 69.0 Å². The van der Waals surface area contributed by atoms with Crippen molar-refractivity contribution in [2.24, 2.45) is 5.92 Å². The third-order valence-electron chi connectivity index (χ3n) is 4.83. The Kier molecular flexibility index (Phi) is 6.72. The van der Waals surface area contributed by atoms with Crippen molar-refractivity contribution < 1.29 is 13.6 Å². The monoisotopic (exact) mass is 356 g/mol. The summed E-state index contributed by atoms with van der Waals surface area (Å²) in [6, 6.07) is 7.68. The fourth-order valence-corrected chi connectivity index (χ4v) is 3.45. The molecule has 5 nitrogen and oxygen atoms in total. The molecule has 1 amide bonds. The Hall–Kier alpha value is -2.27. The Labute approximate surface area is 155 Å². The number of nitrogens with one attached hydrogen (secondary N) is 1. The molecule has 2 aromatic heterocycles. The summed E-state index contributed by atoms with van der Waals surface area (Å²) in [7, 11) is 0. The summed E-state index contributed by atoms with van der Waals surface area (Å²) >= 11 is 0. The van der Waals surface area contributed by atoms with Crippen molar-refractivity contribution in [2.75, 3.05) is 19.6 Å². The number of rotatable bonds is 8. The fourth-order valence-electron chi connectivity index (χ4n) is 3.45. The van der Waals surface area contributed by atoms with Gasteiger partial charge in [0.15, 0.2) is 0 Å². The van der Waals surface area contributed by atoms with E-state index < -0.39 is 0 Å². The van der Waals surface area contributed by atoms with Crippen molar-refractivity contribution in [3.63, 3.8) is 0 Å². The number of aryl methyl sites for hydroxylation is 1. The summed E-state index contributed by atoms with van der Waals surface area (Å²) < 4.78 is 10.8. The van der Waals surface area contributed by atoms with E-state index in [1.165, 1.54) is 12.8 Å². The van der Waals surface area contributed by atoms with Crippen LogP contribution in [-0.4, -0.2) is 30.4 Å². The maximum absolute atomic E-state index is 12.1. The van der Waals surface area contributed by atoms with Crippen LogP contribution in [0.15, 0.2) is 45.4 Å². The zero-order valence-electron chi connectivity index (χ0n) is 15.4. The highest BCUT2D eigenvalue weighted by atomic mass is 16.3. The van der Waals surface area contributed by atoms with Gasteiger partial charge in [-0.3, -0.25) is 9.69 Å². The second kappa shape index (κ2) is 9.43. The Balaban J connectivity index is 1.34. The van der Waals surface area contributed by atoms with Crippen LogP contribution >= 0.6 is 0 Å². The average Bonchev–Trinajstić information content (AvgIpc) is 3.30. The number of amides is 1. The SMILES string of the molecule is Cc1ccc(CNC(=O)CCC2CCCN(C/C=C/c3ccco3)C2)o1. The van der Waals surface area contributed by atoms with Crippen LogP contribution < -0.4 is 5.32 Å². The lowest BCUT2D eigenvalue weighted by Crippen LogP contribution is -2.36. The van der Waals surface area contributed by atoms with Crippen molar-refractivity contribution in [3.8, 4) is 0 Å².